The summed E-state index contributed by atoms with van der Waals surface area (Å²) in [5.41, 5.74) is 0. The maximum atomic E-state index is 10.2. The fraction of sp³-hybridized carbons (Fsp3) is 0.667. The summed E-state index contributed by atoms with van der Waals surface area (Å²) in [6.07, 6.45) is -0.443. The highest BCUT2D eigenvalue weighted by atomic mass is 127. The zero-order valence-corrected chi connectivity index (χ0v) is 8.00. The van der Waals surface area contributed by atoms with Gasteiger partial charge in [-0.1, -0.05) is 0 Å². The van der Waals surface area contributed by atoms with Gasteiger partial charge in [-0.2, -0.15) is 0 Å². The molecule has 0 unspecified atom stereocenters. The van der Waals surface area contributed by atoms with Crippen molar-refractivity contribution < 1.29 is 19.1 Å². The third-order valence-corrected chi connectivity index (χ3v) is 1.60. The van der Waals surface area contributed by atoms with Gasteiger partial charge in [0.1, 0.15) is 0 Å². The molecule has 0 heterocycles. The van der Waals surface area contributed by atoms with Gasteiger partial charge in [0.2, 0.25) is 3.79 Å². The largest absolute Gasteiger partial charge is 0.339 e. The Morgan fingerprint density at radius 1 is 1.60 bits per heavy atom. The molecule has 0 fully saturated rings. The number of rotatable bonds is 4. The van der Waals surface area contributed by atoms with Crippen LogP contribution in [-0.2, 0) is 9.36 Å². The molecule has 0 aliphatic rings. The van der Waals surface area contributed by atoms with Crippen molar-refractivity contribution in [3.63, 3.8) is 0 Å². The molecule has 0 rings (SSSR count). The highest BCUT2D eigenvalue weighted by Crippen LogP contribution is 2.31. The Morgan fingerprint density at radius 3 is 2.40 bits per heavy atom. The second kappa shape index (κ2) is 4.40. The van der Waals surface area contributed by atoms with Crippen LogP contribution < -0.4 is 5.32 Å². The van der Waals surface area contributed by atoms with Gasteiger partial charge in [0.15, 0.2) is 0 Å². The van der Waals surface area contributed by atoms with Crippen LogP contribution in [0.3, 0.4) is 0 Å². The van der Waals surface area contributed by atoms with Crippen molar-refractivity contribution >= 4 is 34.0 Å². The number of carbonyl (C=O) groups excluding carboxylic acids is 1. The summed E-state index contributed by atoms with van der Waals surface area (Å²) in [6, 6.07) is 0. The Bertz CT molecular complexity index is 166. The van der Waals surface area contributed by atoms with Crippen LogP contribution in [0.2, 0.25) is 0 Å². The summed E-state index contributed by atoms with van der Waals surface area (Å²) < 4.78 is 9.96. The second-order valence-corrected chi connectivity index (χ2v) is 4.45. The molecule has 0 aromatic rings. The number of carbonyl (C=O) groups is 1. The minimum atomic E-state index is -3.99. The highest BCUT2D eigenvalue weighted by Gasteiger charge is 2.11. The molecule has 0 amide bonds. The first-order chi connectivity index (χ1) is 4.42. The van der Waals surface area contributed by atoms with Gasteiger partial charge in [-0.05, 0) is 0 Å². The van der Waals surface area contributed by atoms with E-state index in [0.717, 1.165) is 0 Å². The summed E-state index contributed by atoms with van der Waals surface area (Å²) in [4.78, 5) is 26.7. The van der Waals surface area contributed by atoms with Crippen molar-refractivity contribution in [2.45, 2.75) is 0 Å². The van der Waals surface area contributed by atoms with E-state index >= 15 is 0 Å². The fourth-order valence-electron chi connectivity index (χ4n) is 0.300. The van der Waals surface area contributed by atoms with Gasteiger partial charge in [-0.25, -0.2) is 0 Å². The number of halogens is 1. The van der Waals surface area contributed by atoms with E-state index in [1.54, 1.807) is 0 Å². The van der Waals surface area contributed by atoms with E-state index < -0.39 is 13.9 Å². The van der Waals surface area contributed by atoms with E-state index in [2.05, 4.69) is 5.32 Å². The highest BCUT2D eigenvalue weighted by molar-refractivity contribution is 14.1. The predicted octanol–water partition coefficient (Wildman–Crippen LogP) is -0.327. The molecule has 10 heavy (non-hydrogen) atoms. The summed E-state index contributed by atoms with van der Waals surface area (Å²) >= 11 is 1.54. The Morgan fingerprint density at radius 2 is 2.10 bits per heavy atom. The third-order valence-electron chi connectivity index (χ3n) is 0.582. The molecule has 60 valence electrons. The Balaban J connectivity index is 3.39. The normalized spacial score (nSPS) is 11.5. The van der Waals surface area contributed by atoms with Crippen molar-refractivity contribution in [3.05, 3.63) is 0 Å². The van der Waals surface area contributed by atoms with Crippen molar-refractivity contribution in [1.29, 1.82) is 0 Å². The van der Waals surface area contributed by atoms with Gasteiger partial charge in [0, 0.05) is 22.6 Å². The lowest BCUT2D eigenvalue weighted by Gasteiger charge is -2.02. The monoisotopic (exact) mass is 279 g/mol. The molecule has 0 radical (unpaired) electrons. The van der Waals surface area contributed by atoms with Gasteiger partial charge in [-0.3, -0.25) is 14.7 Å². The van der Waals surface area contributed by atoms with Gasteiger partial charge in [0.25, 0.3) is 0 Å². The van der Waals surface area contributed by atoms with E-state index in [9.17, 15) is 9.36 Å². The Labute approximate surface area is 71.5 Å². The summed E-state index contributed by atoms with van der Waals surface area (Å²) in [6.45, 7) is -0.00826. The van der Waals surface area contributed by atoms with Crippen LogP contribution in [-0.4, -0.2) is 26.4 Å². The minimum absolute atomic E-state index is 0.00826. The Kier molecular flexibility index (Phi) is 4.63. The van der Waals surface area contributed by atoms with Crippen LogP contribution in [0.25, 0.3) is 0 Å². The smallest absolute Gasteiger partial charge is 0.324 e. The molecule has 0 aromatic heterocycles. The maximum absolute atomic E-state index is 10.2. The van der Waals surface area contributed by atoms with E-state index in [1.807, 2.05) is 0 Å². The van der Waals surface area contributed by atoms with Crippen LogP contribution in [0.4, 0.5) is 0 Å². The van der Waals surface area contributed by atoms with Gasteiger partial charge >= 0.3 is 7.60 Å². The molecular weight excluding hydrogens is 272 g/mol. The zero-order valence-electron chi connectivity index (χ0n) is 4.95. The predicted molar refractivity (Wildman–Crippen MR) is 43.9 cm³/mol. The fourth-order valence-corrected chi connectivity index (χ4v) is 0.973. The van der Waals surface area contributed by atoms with Gasteiger partial charge in [-0.15, -0.1) is 0 Å². The molecule has 0 atom stereocenters. The first-order valence-corrected chi connectivity index (χ1v) is 5.23. The molecule has 0 aliphatic carbocycles. The lowest BCUT2D eigenvalue weighted by molar-refractivity contribution is -0.108. The Hall–Kier alpha value is 0.510. The molecule has 0 spiro atoms. The molecule has 0 saturated carbocycles. The van der Waals surface area contributed by atoms with Crippen LogP contribution in [0.5, 0.6) is 0 Å². The van der Waals surface area contributed by atoms with Crippen LogP contribution >= 0.6 is 30.2 Å². The van der Waals surface area contributed by atoms with E-state index in [0.29, 0.717) is 0 Å². The molecule has 5 nitrogen and oxygen atoms in total. The zero-order chi connectivity index (χ0) is 8.20. The van der Waals surface area contributed by atoms with Crippen molar-refractivity contribution in [2.75, 3.05) is 12.8 Å². The van der Waals surface area contributed by atoms with Crippen molar-refractivity contribution in [1.82, 2.24) is 5.32 Å². The van der Waals surface area contributed by atoms with Crippen molar-refractivity contribution in [3.8, 4) is 0 Å². The maximum Gasteiger partial charge on any atom is 0.339 e. The molecule has 3 N–H and O–H groups in total. The van der Waals surface area contributed by atoms with E-state index in [-0.39, 0.29) is 10.3 Å². The molecule has 7 heteroatoms. The van der Waals surface area contributed by atoms with Crippen LogP contribution in [0.15, 0.2) is 0 Å². The van der Waals surface area contributed by atoms with Gasteiger partial charge in [0.05, 0.1) is 12.8 Å². The van der Waals surface area contributed by atoms with E-state index in [4.69, 9.17) is 9.79 Å². The average Bonchev–Trinajstić information content (AvgIpc) is 1.59. The number of hydrogen-bond donors (Lipinski definition) is 3. The number of hydrogen-bond acceptors (Lipinski definition) is 3. The quantitative estimate of drug-likeness (QED) is 0.373. The first-order valence-electron chi connectivity index (χ1n) is 2.35. The van der Waals surface area contributed by atoms with E-state index in [1.165, 1.54) is 22.6 Å². The molecule has 0 bridgehead atoms. The molecule has 0 aromatic carbocycles. The molecule has 0 saturated heterocycles. The number of nitrogens with one attached hydrogen (secondary N) is 1. The first kappa shape index (κ1) is 10.5. The summed E-state index contributed by atoms with van der Waals surface area (Å²) in [5.74, 6) is 0. The van der Waals surface area contributed by atoms with Crippen LogP contribution in [0, 0.1) is 0 Å². The molecular formula is C3H7INO4P. The summed E-state index contributed by atoms with van der Waals surface area (Å²) in [7, 11) is -3.99. The average molecular weight is 279 g/mol. The van der Waals surface area contributed by atoms with Gasteiger partial charge < -0.3 is 9.79 Å². The molecule has 0 aliphatic heterocycles. The minimum Gasteiger partial charge on any atom is -0.324 e. The second-order valence-electron chi connectivity index (χ2n) is 1.60. The third kappa shape index (κ3) is 8.51. The van der Waals surface area contributed by atoms with Crippen LogP contribution in [0.1, 0.15) is 0 Å². The standard InChI is InChI=1S/C3H7INO4P/c4-3(6)1-5-2-10(7,8)9/h5H,1-2H2,(H2,7,8,9). The SMILES string of the molecule is O=C(I)CNCP(=O)(O)O. The summed E-state index contributed by atoms with van der Waals surface area (Å²) in [5, 5.41) is 2.30. The van der Waals surface area contributed by atoms with Crippen molar-refractivity contribution in [2.24, 2.45) is 0 Å². The lowest BCUT2D eigenvalue weighted by atomic mass is 10.7. The lowest BCUT2D eigenvalue weighted by Crippen LogP contribution is -2.20. The topological polar surface area (TPSA) is 86.6 Å².